The first-order valence-corrected chi connectivity index (χ1v) is 11.0. The number of hydrogen-bond acceptors (Lipinski definition) is 8. The quantitative estimate of drug-likeness (QED) is 0.368. The second-order valence-electron chi connectivity index (χ2n) is 8.36. The van der Waals surface area contributed by atoms with Gasteiger partial charge in [-0.1, -0.05) is 60.7 Å². The predicted molar refractivity (Wildman–Crippen MR) is 123 cm³/mol. The van der Waals surface area contributed by atoms with E-state index in [9.17, 15) is 24.6 Å². The molecule has 0 bridgehead atoms. The molecule has 0 radical (unpaired) electrons. The fourth-order valence-corrected chi connectivity index (χ4v) is 3.78. The number of benzene rings is 2. The highest BCUT2D eigenvalue weighted by atomic mass is 16.6. The summed E-state index contributed by atoms with van der Waals surface area (Å²) in [6.07, 6.45) is 3.22. The van der Waals surface area contributed by atoms with Crippen molar-refractivity contribution in [1.29, 1.82) is 0 Å². The van der Waals surface area contributed by atoms with Crippen molar-refractivity contribution in [3.63, 3.8) is 0 Å². The molecule has 9 heteroatoms. The van der Waals surface area contributed by atoms with Crippen molar-refractivity contribution in [2.75, 3.05) is 6.61 Å². The van der Waals surface area contributed by atoms with E-state index in [1.165, 1.54) is 24.3 Å². The molecule has 1 spiro atoms. The number of aliphatic hydroxyl groups excluding tert-OH is 1. The Morgan fingerprint density at radius 3 is 1.83 bits per heavy atom. The van der Waals surface area contributed by atoms with E-state index in [1.54, 1.807) is 48.5 Å². The van der Waals surface area contributed by atoms with Crippen molar-refractivity contribution >= 4 is 18.2 Å². The van der Waals surface area contributed by atoms with Gasteiger partial charge in [-0.3, -0.25) is 0 Å². The first-order valence-electron chi connectivity index (χ1n) is 11.0. The van der Waals surface area contributed by atoms with Crippen LogP contribution in [0, 0.1) is 0 Å². The first kappa shape index (κ1) is 24.2. The second-order valence-corrected chi connectivity index (χ2v) is 8.36. The largest absolute Gasteiger partial charge is 0.449 e. The van der Waals surface area contributed by atoms with Crippen LogP contribution in [-0.2, 0) is 32.2 Å². The van der Waals surface area contributed by atoms with Gasteiger partial charge < -0.3 is 24.4 Å². The Balaban J connectivity index is 1.53. The van der Waals surface area contributed by atoms with Gasteiger partial charge in [-0.15, -0.1) is 0 Å². The summed E-state index contributed by atoms with van der Waals surface area (Å²) < 4.78 is 16.1. The van der Waals surface area contributed by atoms with Gasteiger partial charge in [0.2, 0.25) is 0 Å². The van der Waals surface area contributed by atoms with Crippen LogP contribution in [0.15, 0.2) is 85.0 Å². The first-order chi connectivity index (χ1) is 16.8. The molecule has 2 amide bonds. The summed E-state index contributed by atoms with van der Waals surface area (Å²) in [5.74, 6) is -0.831. The number of hydrogen-bond donors (Lipinski definition) is 2. The van der Waals surface area contributed by atoms with E-state index >= 15 is 0 Å². The highest BCUT2D eigenvalue weighted by molar-refractivity contribution is 5.95. The van der Waals surface area contributed by atoms with E-state index in [2.05, 4.69) is 0 Å². The van der Waals surface area contributed by atoms with Crippen LogP contribution >= 0.6 is 0 Å². The lowest BCUT2D eigenvalue weighted by atomic mass is 9.87. The molecule has 1 heterocycles. The summed E-state index contributed by atoms with van der Waals surface area (Å²) in [6, 6.07) is 16.4. The summed E-state index contributed by atoms with van der Waals surface area (Å²) in [6.45, 7) is -0.784. The molecule has 2 aromatic rings. The Bertz CT molecular complexity index is 1060. The minimum Gasteiger partial charge on any atom is -0.449 e. The third-order valence-corrected chi connectivity index (χ3v) is 5.75. The van der Waals surface area contributed by atoms with E-state index in [4.69, 9.17) is 14.2 Å². The number of amides is 2. The second kappa shape index (κ2) is 10.1. The average molecular weight is 479 g/mol. The van der Waals surface area contributed by atoms with Crippen molar-refractivity contribution < 1.29 is 38.8 Å². The van der Waals surface area contributed by atoms with Crippen molar-refractivity contribution in [3.05, 3.63) is 96.1 Å². The summed E-state index contributed by atoms with van der Waals surface area (Å²) in [5, 5.41) is 19.5. The van der Waals surface area contributed by atoms with Crippen molar-refractivity contribution in [2.45, 2.75) is 36.9 Å². The van der Waals surface area contributed by atoms with Gasteiger partial charge in [0.05, 0.1) is 6.61 Å². The highest BCUT2D eigenvalue weighted by Crippen LogP contribution is 2.37. The van der Waals surface area contributed by atoms with Crippen LogP contribution in [-0.4, -0.2) is 57.1 Å². The van der Waals surface area contributed by atoms with E-state index in [0.717, 1.165) is 0 Å². The van der Waals surface area contributed by atoms with Crippen LogP contribution in [0.25, 0.3) is 0 Å². The molecule has 2 aromatic carbocycles. The minimum absolute atomic E-state index is 0.110. The van der Waals surface area contributed by atoms with Gasteiger partial charge in [0.25, 0.3) is 0 Å². The van der Waals surface area contributed by atoms with Gasteiger partial charge >= 0.3 is 18.2 Å². The zero-order valence-corrected chi connectivity index (χ0v) is 18.8. The zero-order chi connectivity index (χ0) is 24.9. The number of rotatable bonds is 6. The summed E-state index contributed by atoms with van der Waals surface area (Å²) in [5.41, 5.74) is -1.48. The van der Waals surface area contributed by atoms with Gasteiger partial charge in [0, 0.05) is 6.42 Å². The molecule has 1 aliphatic heterocycles. The third-order valence-electron chi connectivity index (χ3n) is 5.75. The molecule has 9 nitrogen and oxygen atoms in total. The normalized spacial score (nSPS) is 24.7. The summed E-state index contributed by atoms with van der Waals surface area (Å²) >= 11 is 0. The number of ether oxygens (including phenoxy) is 3. The van der Waals surface area contributed by atoms with Crippen LogP contribution in [0.1, 0.15) is 17.5 Å². The molecule has 1 atom stereocenters. The van der Waals surface area contributed by atoms with Crippen LogP contribution in [0.4, 0.5) is 9.59 Å². The summed E-state index contributed by atoms with van der Waals surface area (Å²) in [4.78, 5) is 39.5. The van der Waals surface area contributed by atoms with Gasteiger partial charge in [-0.2, -0.15) is 4.90 Å². The van der Waals surface area contributed by atoms with E-state index in [-0.39, 0.29) is 19.6 Å². The Kier molecular flexibility index (Phi) is 6.99. The van der Waals surface area contributed by atoms with Gasteiger partial charge in [-0.05, 0) is 35.4 Å². The maximum Gasteiger partial charge on any atom is 0.420 e. The van der Waals surface area contributed by atoms with Crippen LogP contribution < -0.4 is 0 Å². The van der Waals surface area contributed by atoms with E-state index < -0.39 is 42.0 Å². The molecular formula is C26H25NO8. The van der Waals surface area contributed by atoms with Gasteiger partial charge in [0.1, 0.15) is 24.9 Å². The van der Waals surface area contributed by atoms with E-state index in [1.807, 2.05) is 12.1 Å². The van der Waals surface area contributed by atoms with Crippen LogP contribution in [0.3, 0.4) is 0 Å². The Labute approximate surface area is 201 Å². The fourth-order valence-electron chi connectivity index (χ4n) is 3.78. The van der Waals surface area contributed by atoms with Gasteiger partial charge in [0.15, 0.2) is 5.60 Å². The lowest BCUT2D eigenvalue weighted by Crippen LogP contribution is -2.47. The van der Waals surface area contributed by atoms with Crippen molar-refractivity contribution in [3.8, 4) is 0 Å². The number of nitrogens with zero attached hydrogens (tertiary/aromatic N) is 1. The van der Waals surface area contributed by atoms with Crippen molar-refractivity contribution in [2.24, 2.45) is 0 Å². The maximum absolute atomic E-state index is 13.0. The number of aliphatic hydroxyl groups is 2. The third kappa shape index (κ3) is 5.59. The zero-order valence-electron chi connectivity index (χ0n) is 18.8. The summed E-state index contributed by atoms with van der Waals surface area (Å²) in [7, 11) is 0. The lowest BCUT2D eigenvalue weighted by molar-refractivity contribution is -0.146. The standard InChI is InChI=1S/C26H25NO8/c28-18-25(32)11-13-26(14-12-25)15-21(22(29)35-26)27(23(30)33-16-19-7-3-1-4-8-19)24(31)34-17-20-9-5-2-6-10-20/h1-14,21,28,32H,15-18H2/t21-,25?,26?/m0/s1. The fraction of sp³-hybridized carbons (Fsp3) is 0.269. The molecule has 1 fully saturated rings. The molecule has 0 saturated carbocycles. The molecule has 0 aromatic heterocycles. The van der Waals surface area contributed by atoms with Crippen LogP contribution in [0.5, 0.6) is 0 Å². The molecule has 1 saturated heterocycles. The number of carbonyl (C=O) groups excluding carboxylic acids is 3. The van der Waals surface area contributed by atoms with E-state index in [0.29, 0.717) is 16.0 Å². The van der Waals surface area contributed by atoms with Gasteiger partial charge in [-0.25, -0.2) is 14.4 Å². The molecule has 35 heavy (non-hydrogen) atoms. The van der Waals surface area contributed by atoms with Crippen LogP contribution in [0.2, 0.25) is 0 Å². The molecule has 0 unspecified atom stereocenters. The number of carbonyl (C=O) groups is 3. The Hall–Kier alpha value is -3.95. The SMILES string of the molecule is O=C1OC2(C=CC(O)(CO)C=C2)C[C@@H]1N(C(=O)OCc1ccccc1)C(=O)OCc1ccccc1. The predicted octanol–water partition coefficient (Wildman–Crippen LogP) is 2.87. The molecular weight excluding hydrogens is 454 g/mol. The molecule has 2 aliphatic rings. The Morgan fingerprint density at radius 1 is 0.886 bits per heavy atom. The monoisotopic (exact) mass is 479 g/mol. The van der Waals surface area contributed by atoms with Crippen molar-refractivity contribution in [1.82, 2.24) is 4.90 Å². The number of imide groups is 1. The molecule has 2 N–H and O–H groups in total. The topological polar surface area (TPSA) is 123 Å². The minimum atomic E-state index is -1.58. The molecule has 182 valence electrons. The molecule has 1 aliphatic carbocycles. The highest BCUT2D eigenvalue weighted by Gasteiger charge is 2.52. The maximum atomic E-state index is 13.0. The lowest BCUT2D eigenvalue weighted by Gasteiger charge is -2.29. The Morgan fingerprint density at radius 2 is 1.37 bits per heavy atom. The smallest absolute Gasteiger partial charge is 0.420 e. The number of esters is 1. The average Bonchev–Trinajstić information content (AvgIpc) is 3.20. The molecule has 4 rings (SSSR count).